The smallest absolute Gasteiger partial charge is 0.221 e. The Morgan fingerprint density at radius 2 is 2.05 bits per heavy atom. The van der Waals surface area contributed by atoms with Crippen molar-refractivity contribution < 1.29 is 4.79 Å². The van der Waals surface area contributed by atoms with Gasteiger partial charge in [0.15, 0.2) is 0 Å². The maximum absolute atomic E-state index is 12.0. The standard InChI is InChI=1S/C16H22N2O.ClH/c19-16(11-14-6-3-9-17-14)18-15-8-7-12-4-1-2-5-13(12)10-15;/h1-2,4-5,14-15,17H,3,6-11H2,(H,18,19);1H. The Hall–Kier alpha value is -1.06. The number of aryl methyl sites for hydroxylation is 1. The van der Waals surface area contributed by atoms with Gasteiger partial charge in [0, 0.05) is 18.5 Å². The number of amides is 1. The molecule has 0 saturated carbocycles. The molecule has 110 valence electrons. The lowest BCUT2D eigenvalue weighted by Gasteiger charge is -2.26. The second kappa shape index (κ2) is 7.09. The van der Waals surface area contributed by atoms with E-state index in [0.29, 0.717) is 18.5 Å². The minimum atomic E-state index is 0. The zero-order chi connectivity index (χ0) is 13.1. The molecule has 3 nitrogen and oxygen atoms in total. The molecule has 0 bridgehead atoms. The summed E-state index contributed by atoms with van der Waals surface area (Å²) in [6.45, 7) is 1.06. The Balaban J connectivity index is 0.00000147. The molecule has 0 aromatic heterocycles. The Morgan fingerprint density at radius 3 is 2.80 bits per heavy atom. The molecule has 1 aliphatic heterocycles. The van der Waals surface area contributed by atoms with Gasteiger partial charge in [-0.1, -0.05) is 24.3 Å². The van der Waals surface area contributed by atoms with E-state index in [4.69, 9.17) is 0 Å². The van der Waals surface area contributed by atoms with Gasteiger partial charge in [-0.05, 0) is 49.8 Å². The van der Waals surface area contributed by atoms with Crippen LogP contribution in [0.1, 0.15) is 36.8 Å². The topological polar surface area (TPSA) is 41.1 Å². The lowest BCUT2D eigenvalue weighted by Crippen LogP contribution is -2.41. The second-order valence-electron chi connectivity index (χ2n) is 5.77. The molecule has 1 aromatic carbocycles. The van der Waals surface area contributed by atoms with Crippen LogP contribution < -0.4 is 10.6 Å². The Morgan fingerprint density at radius 1 is 1.25 bits per heavy atom. The molecule has 1 heterocycles. The minimum Gasteiger partial charge on any atom is -0.353 e. The summed E-state index contributed by atoms with van der Waals surface area (Å²) in [4.78, 5) is 12.0. The van der Waals surface area contributed by atoms with Gasteiger partial charge in [-0.15, -0.1) is 12.4 Å². The van der Waals surface area contributed by atoms with Crippen LogP contribution in [0.2, 0.25) is 0 Å². The summed E-state index contributed by atoms with van der Waals surface area (Å²) in [5.74, 6) is 0.212. The molecule has 1 amide bonds. The molecular weight excluding hydrogens is 272 g/mol. The predicted octanol–water partition coefficient (Wildman–Crippen LogP) is 2.22. The lowest BCUT2D eigenvalue weighted by molar-refractivity contribution is -0.122. The normalized spacial score (nSPS) is 24.6. The van der Waals surface area contributed by atoms with Crippen LogP contribution in [-0.2, 0) is 17.6 Å². The van der Waals surface area contributed by atoms with Crippen molar-refractivity contribution in [1.29, 1.82) is 0 Å². The highest BCUT2D eigenvalue weighted by Crippen LogP contribution is 2.21. The van der Waals surface area contributed by atoms with Crippen molar-refractivity contribution in [3.63, 3.8) is 0 Å². The number of benzene rings is 1. The molecule has 1 fully saturated rings. The van der Waals surface area contributed by atoms with Gasteiger partial charge in [0.05, 0.1) is 0 Å². The fourth-order valence-electron chi connectivity index (χ4n) is 3.26. The van der Waals surface area contributed by atoms with Gasteiger partial charge in [0.25, 0.3) is 0 Å². The first kappa shape index (κ1) is 15.3. The molecular formula is C16H23ClN2O. The maximum Gasteiger partial charge on any atom is 0.221 e. The molecule has 2 N–H and O–H groups in total. The highest BCUT2D eigenvalue weighted by molar-refractivity contribution is 5.85. The number of hydrogen-bond donors (Lipinski definition) is 2. The van der Waals surface area contributed by atoms with Crippen LogP contribution in [0.4, 0.5) is 0 Å². The highest BCUT2D eigenvalue weighted by Gasteiger charge is 2.22. The van der Waals surface area contributed by atoms with Crippen molar-refractivity contribution in [2.75, 3.05) is 6.54 Å². The van der Waals surface area contributed by atoms with Crippen LogP contribution in [0.5, 0.6) is 0 Å². The van der Waals surface area contributed by atoms with E-state index in [1.165, 1.54) is 17.5 Å². The second-order valence-corrected chi connectivity index (χ2v) is 5.77. The number of carbonyl (C=O) groups is 1. The summed E-state index contributed by atoms with van der Waals surface area (Å²) in [5, 5.41) is 6.59. The van der Waals surface area contributed by atoms with Crippen LogP contribution in [-0.4, -0.2) is 24.5 Å². The fraction of sp³-hybridized carbons (Fsp3) is 0.562. The number of nitrogens with one attached hydrogen (secondary N) is 2. The van der Waals surface area contributed by atoms with Gasteiger partial charge < -0.3 is 10.6 Å². The van der Waals surface area contributed by atoms with Crippen LogP contribution in [0, 0.1) is 0 Å². The maximum atomic E-state index is 12.0. The van der Waals surface area contributed by atoms with Gasteiger partial charge in [0.2, 0.25) is 5.91 Å². The Bertz CT molecular complexity index is 458. The van der Waals surface area contributed by atoms with E-state index in [9.17, 15) is 4.79 Å². The molecule has 2 atom stereocenters. The average molecular weight is 295 g/mol. The van der Waals surface area contributed by atoms with E-state index >= 15 is 0 Å². The van der Waals surface area contributed by atoms with Crippen molar-refractivity contribution in [2.24, 2.45) is 0 Å². The SMILES string of the molecule is Cl.O=C(CC1CCCN1)NC1CCc2ccccc2C1. The zero-order valence-corrected chi connectivity index (χ0v) is 12.5. The van der Waals surface area contributed by atoms with E-state index in [2.05, 4.69) is 34.9 Å². The molecule has 1 aliphatic carbocycles. The number of hydrogen-bond acceptors (Lipinski definition) is 2. The summed E-state index contributed by atoms with van der Waals surface area (Å²) in [6, 6.07) is 9.30. The summed E-state index contributed by atoms with van der Waals surface area (Å²) < 4.78 is 0. The molecule has 3 rings (SSSR count). The zero-order valence-electron chi connectivity index (χ0n) is 11.7. The molecule has 1 saturated heterocycles. The average Bonchev–Trinajstić information content (AvgIpc) is 2.91. The van der Waals surface area contributed by atoms with Crippen molar-refractivity contribution in [3.8, 4) is 0 Å². The van der Waals surface area contributed by atoms with Crippen LogP contribution in [0.25, 0.3) is 0 Å². The highest BCUT2D eigenvalue weighted by atomic mass is 35.5. The number of rotatable bonds is 3. The van der Waals surface area contributed by atoms with Crippen LogP contribution in [0.3, 0.4) is 0 Å². The molecule has 2 unspecified atom stereocenters. The van der Waals surface area contributed by atoms with Crippen molar-refractivity contribution in [2.45, 2.75) is 50.6 Å². The van der Waals surface area contributed by atoms with Crippen LogP contribution in [0.15, 0.2) is 24.3 Å². The van der Waals surface area contributed by atoms with Crippen LogP contribution >= 0.6 is 12.4 Å². The van der Waals surface area contributed by atoms with Gasteiger partial charge in [-0.25, -0.2) is 0 Å². The molecule has 0 radical (unpaired) electrons. The van der Waals surface area contributed by atoms with E-state index in [0.717, 1.165) is 32.2 Å². The predicted molar refractivity (Wildman–Crippen MR) is 83.3 cm³/mol. The lowest BCUT2D eigenvalue weighted by atomic mass is 9.88. The molecule has 2 aliphatic rings. The van der Waals surface area contributed by atoms with E-state index < -0.39 is 0 Å². The number of carbonyl (C=O) groups excluding carboxylic acids is 1. The number of fused-ring (bicyclic) bond motifs is 1. The number of halogens is 1. The van der Waals surface area contributed by atoms with Gasteiger partial charge in [0.1, 0.15) is 0 Å². The molecule has 4 heteroatoms. The fourth-order valence-corrected chi connectivity index (χ4v) is 3.26. The molecule has 20 heavy (non-hydrogen) atoms. The largest absolute Gasteiger partial charge is 0.353 e. The third kappa shape index (κ3) is 3.74. The van der Waals surface area contributed by atoms with Crippen molar-refractivity contribution >= 4 is 18.3 Å². The third-order valence-corrected chi connectivity index (χ3v) is 4.31. The van der Waals surface area contributed by atoms with Gasteiger partial charge in [-0.2, -0.15) is 0 Å². The summed E-state index contributed by atoms with van der Waals surface area (Å²) >= 11 is 0. The Kier molecular flexibility index (Phi) is 5.44. The first-order chi connectivity index (χ1) is 9.31. The van der Waals surface area contributed by atoms with Crippen molar-refractivity contribution in [3.05, 3.63) is 35.4 Å². The summed E-state index contributed by atoms with van der Waals surface area (Å²) in [6.07, 6.45) is 6.12. The third-order valence-electron chi connectivity index (χ3n) is 4.31. The first-order valence-corrected chi connectivity index (χ1v) is 7.41. The van der Waals surface area contributed by atoms with E-state index in [1.54, 1.807) is 0 Å². The summed E-state index contributed by atoms with van der Waals surface area (Å²) in [7, 11) is 0. The monoisotopic (exact) mass is 294 g/mol. The first-order valence-electron chi connectivity index (χ1n) is 7.41. The van der Waals surface area contributed by atoms with E-state index in [1.807, 2.05) is 0 Å². The molecule has 0 spiro atoms. The quantitative estimate of drug-likeness (QED) is 0.897. The Labute approximate surface area is 126 Å². The van der Waals surface area contributed by atoms with Crippen molar-refractivity contribution in [1.82, 2.24) is 10.6 Å². The van der Waals surface area contributed by atoms with Gasteiger partial charge in [-0.3, -0.25) is 4.79 Å². The van der Waals surface area contributed by atoms with E-state index in [-0.39, 0.29) is 18.3 Å². The minimum absolute atomic E-state index is 0. The van der Waals surface area contributed by atoms with Gasteiger partial charge >= 0.3 is 0 Å². The summed E-state index contributed by atoms with van der Waals surface area (Å²) in [5.41, 5.74) is 2.85. The molecule has 1 aromatic rings.